The Balaban J connectivity index is 2.08. The first kappa shape index (κ1) is 13.0. The van der Waals surface area contributed by atoms with Gasteiger partial charge < -0.3 is 5.32 Å². The van der Waals surface area contributed by atoms with Gasteiger partial charge in [-0.15, -0.1) is 0 Å². The molecule has 1 heterocycles. The number of amides is 1. The predicted molar refractivity (Wildman–Crippen MR) is 63.8 cm³/mol. The standard InChI is InChI=1S/C10H12N4O5/c15-8(11-6-1-2-6)3-4-13-5-7(14(18)19)9(16)12-10(13)17/h5-6H,1-4H2,(H,11,15)(H,12,16,17). The lowest BCUT2D eigenvalue weighted by Gasteiger charge is -2.05. The topological polar surface area (TPSA) is 127 Å². The highest BCUT2D eigenvalue weighted by Gasteiger charge is 2.23. The summed E-state index contributed by atoms with van der Waals surface area (Å²) in [6, 6.07) is 0.217. The molecule has 9 nitrogen and oxygen atoms in total. The van der Waals surface area contributed by atoms with Crippen molar-refractivity contribution in [1.29, 1.82) is 0 Å². The lowest BCUT2D eigenvalue weighted by atomic mass is 10.4. The number of carbonyl (C=O) groups is 1. The van der Waals surface area contributed by atoms with E-state index in [2.05, 4.69) is 5.32 Å². The maximum atomic E-state index is 11.4. The number of nitrogens with zero attached hydrogens (tertiary/aromatic N) is 2. The largest absolute Gasteiger partial charge is 0.353 e. The molecule has 0 aliphatic heterocycles. The number of carbonyl (C=O) groups excluding carboxylic acids is 1. The van der Waals surface area contributed by atoms with E-state index >= 15 is 0 Å². The molecule has 0 bridgehead atoms. The van der Waals surface area contributed by atoms with Crippen molar-refractivity contribution >= 4 is 11.6 Å². The van der Waals surface area contributed by atoms with Crippen LogP contribution in [0.1, 0.15) is 19.3 Å². The van der Waals surface area contributed by atoms with E-state index in [0.717, 1.165) is 23.6 Å². The van der Waals surface area contributed by atoms with E-state index in [4.69, 9.17) is 0 Å². The van der Waals surface area contributed by atoms with Crippen LogP contribution >= 0.6 is 0 Å². The lowest BCUT2D eigenvalue weighted by Crippen LogP contribution is -2.33. The second kappa shape index (κ2) is 5.04. The maximum Gasteiger partial charge on any atom is 0.350 e. The zero-order chi connectivity index (χ0) is 14.0. The van der Waals surface area contributed by atoms with Crippen molar-refractivity contribution in [1.82, 2.24) is 14.9 Å². The maximum absolute atomic E-state index is 11.4. The summed E-state index contributed by atoms with van der Waals surface area (Å²) >= 11 is 0. The fourth-order valence-corrected chi connectivity index (χ4v) is 1.54. The Hall–Kier alpha value is -2.45. The summed E-state index contributed by atoms with van der Waals surface area (Å²) < 4.78 is 0.950. The SMILES string of the molecule is O=C(CCn1cc([N+](=O)[O-])c(=O)[nH]c1=O)NC1CC1. The first-order valence-electron chi connectivity index (χ1n) is 5.75. The molecule has 0 radical (unpaired) electrons. The molecule has 9 heteroatoms. The molecule has 0 aromatic carbocycles. The molecule has 0 saturated heterocycles. The Bertz CT molecular complexity index is 628. The van der Waals surface area contributed by atoms with Crippen molar-refractivity contribution in [2.45, 2.75) is 31.8 Å². The van der Waals surface area contributed by atoms with Gasteiger partial charge in [0.15, 0.2) is 0 Å². The summed E-state index contributed by atoms with van der Waals surface area (Å²) in [5, 5.41) is 13.3. The first-order valence-corrected chi connectivity index (χ1v) is 5.75. The summed E-state index contributed by atoms with van der Waals surface area (Å²) in [6.07, 6.45) is 2.79. The molecule has 1 amide bonds. The molecule has 102 valence electrons. The van der Waals surface area contributed by atoms with Crippen molar-refractivity contribution in [3.05, 3.63) is 37.1 Å². The van der Waals surface area contributed by atoms with E-state index in [9.17, 15) is 24.5 Å². The van der Waals surface area contributed by atoms with Gasteiger partial charge in [0, 0.05) is 19.0 Å². The molecule has 1 aromatic heterocycles. The van der Waals surface area contributed by atoms with E-state index < -0.39 is 21.9 Å². The summed E-state index contributed by atoms with van der Waals surface area (Å²) in [5.74, 6) is -0.219. The van der Waals surface area contributed by atoms with Crippen molar-refractivity contribution < 1.29 is 9.72 Å². The normalized spacial score (nSPS) is 14.1. The Kier molecular flexibility index (Phi) is 3.45. The molecule has 19 heavy (non-hydrogen) atoms. The fraction of sp³-hybridized carbons (Fsp3) is 0.500. The van der Waals surface area contributed by atoms with Gasteiger partial charge in [0.25, 0.3) is 0 Å². The third-order valence-corrected chi connectivity index (χ3v) is 2.71. The minimum Gasteiger partial charge on any atom is -0.353 e. The molecule has 2 N–H and O–H groups in total. The Morgan fingerprint density at radius 2 is 2.21 bits per heavy atom. The van der Waals surface area contributed by atoms with E-state index in [0.29, 0.717) is 0 Å². The highest BCUT2D eigenvalue weighted by atomic mass is 16.6. The van der Waals surface area contributed by atoms with Gasteiger partial charge in [0.05, 0.1) is 11.1 Å². The van der Waals surface area contributed by atoms with Crippen LogP contribution in [-0.4, -0.2) is 26.4 Å². The highest BCUT2D eigenvalue weighted by Crippen LogP contribution is 2.18. The molecular formula is C10H12N4O5. The van der Waals surface area contributed by atoms with Crippen LogP contribution in [-0.2, 0) is 11.3 Å². The first-order chi connectivity index (χ1) is 8.97. The van der Waals surface area contributed by atoms with E-state index in [1.165, 1.54) is 0 Å². The van der Waals surface area contributed by atoms with Gasteiger partial charge in [-0.25, -0.2) is 4.79 Å². The van der Waals surface area contributed by atoms with Crippen molar-refractivity contribution in [2.24, 2.45) is 0 Å². The van der Waals surface area contributed by atoms with E-state index in [-0.39, 0.29) is 24.9 Å². The van der Waals surface area contributed by atoms with Gasteiger partial charge in [-0.05, 0) is 12.8 Å². The predicted octanol–water partition coefficient (Wildman–Crippen LogP) is -0.886. The third kappa shape index (κ3) is 3.27. The van der Waals surface area contributed by atoms with Gasteiger partial charge in [-0.2, -0.15) is 0 Å². The van der Waals surface area contributed by atoms with Gasteiger partial charge >= 0.3 is 16.9 Å². The van der Waals surface area contributed by atoms with E-state index in [1.54, 1.807) is 0 Å². The van der Waals surface area contributed by atoms with E-state index in [1.807, 2.05) is 4.98 Å². The number of hydrogen-bond acceptors (Lipinski definition) is 5. The van der Waals surface area contributed by atoms with Gasteiger partial charge in [0.1, 0.15) is 0 Å². The minimum absolute atomic E-state index is 0.0188. The van der Waals surface area contributed by atoms with Crippen molar-refractivity contribution in [3.8, 4) is 0 Å². The van der Waals surface area contributed by atoms with Crippen LogP contribution < -0.4 is 16.6 Å². The minimum atomic E-state index is -1.05. The number of nitrogens with one attached hydrogen (secondary N) is 2. The molecule has 1 aromatic rings. The van der Waals surface area contributed by atoms with Crippen molar-refractivity contribution in [2.75, 3.05) is 0 Å². The monoisotopic (exact) mass is 268 g/mol. The third-order valence-electron chi connectivity index (χ3n) is 2.71. The van der Waals surface area contributed by atoms with Crippen LogP contribution in [0.3, 0.4) is 0 Å². The number of rotatable bonds is 5. The number of aryl methyl sites for hydroxylation is 1. The zero-order valence-electron chi connectivity index (χ0n) is 9.92. The molecule has 1 aliphatic rings. The van der Waals surface area contributed by atoms with Crippen molar-refractivity contribution in [3.63, 3.8) is 0 Å². The summed E-state index contributed by atoms with van der Waals surface area (Å²) in [5.41, 5.74) is -2.54. The summed E-state index contributed by atoms with van der Waals surface area (Å²) in [4.78, 5) is 45.5. The Labute approximate surface area is 106 Å². The second-order valence-electron chi connectivity index (χ2n) is 4.32. The van der Waals surface area contributed by atoms with Crippen LogP contribution in [0, 0.1) is 10.1 Å². The number of H-pyrrole nitrogens is 1. The molecule has 1 aliphatic carbocycles. The average molecular weight is 268 g/mol. The summed E-state index contributed by atoms with van der Waals surface area (Å²) in [6.45, 7) is -0.0188. The molecule has 2 rings (SSSR count). The quantitative estimate of drug-likeness (QED) is 0.529. The Morgan fingerprint density at radius 1 is 1.53 bits per heavy atom. The number of aromatic amines is 1. The molecule has 0 atom stereocenters. The Morgan fingerprint density at radius 3 is 2.79 bits per heavy atom. The van der Waals surface area contributed by atoms with Crippen LogP contribution in [0.15, 0.2) is 15.8 Å². The highest BCUT2D eigenvalue weighted by molar-refractivity contribution is 5.76. The van der Waals surface area contributed by atoms with Gasteiger partial charge in [-0.1, -0.05) is 0 Å². The van der Waals surface area contributed by atoms with Crippen LogP contribution in [0.4, 0.5) is 5.69 Å². The zero-order valence-corrected chi connectivity index (χ0v) is 9.92. The molecule has 1 saturated carbocycles. The van der Waals surface area contributed by atoms with Gasteiger partial charge in [-0.3, -0.25) is 29.3 Å². The second-order valence-corrected chi connectivity index (χ2v) is 4.32. The molecule has 1 fully saturated rings. The van der Waals surface area contributed by atoms with Crippen LogP contribution in [0.5, 0.6) is 0 Å². The number of aromatic nitrogens is 2. The molecule has 0 spiro atoms. The van der Waals surface area contributed by atoms with Gasteiger partial charge in [0.2, 0.25) is 5.91 Å². The molecular weight excluding hydrogens is 256 g/mol. The van der Waals surface area contributed by atoms with Crippen LogP contribution in [0.25, 0.3) is 0 Å². The lowest BCUT2D eigenvalue weighted by molar-refractivity contribution is -0.386. The smallest absolute Gasteiger partial charge is 0.350 e. The van der Waals surface area contributed by atoms with Crippen LogP contribution in [0.2, 0.25) is 0 Å². The molecule has 0 unspecified atom stereocenters. The fourth-order valence-electron chi connectivity index (χ4n) is 1.54. The number of nitro groups is 1. The summed E-state index contributed by atoms with van der Waals surface area (Å²) in [7, 11) is 0. The number of hydrogen-bond donors (Lipinski definition) is 2. The average Bonchev–Trinajstić information content (AvgIpc) is 3.11.